The summed E-state index contributed by atoms with van der Waals surface area (Å²) in [6, 6.07) is 24.7. The number of benzene rings is 4. The van der Waals surface area contributed by atoms with Crippen molar-refractivity contribution in [2.75, 3.05) is 18.0 Å². The van der Waals surface area contributed by atoms with Crippen molar-refractivity contribution < 1.29 is 15.0 Å². The molecule has 1 aromatic heterocycles. The summed E-state index contributed by atoms with van der Waals surface area (Å²) in [5.41, 5.74) is 5.51. The molecule has 5 aromatic rings. The molecule has 1 aliphatic heterocycles. The van der Waals surface area contributed by atoms with E-state index < -0.39 is 0 Å². The van der Waals surface area contributed by atoms with Crippen LogP contribution < -0.4 is 4.90 Å². The van der Waals surface area contributed by atoms with E-state index in [0.717, 1.165) is 33.5 Å². The minimum absolute atomic E-state index is 0.0694. The lowest BCUT2D eigenvalue weighted by Crippen LogP contribution is -2.35. The molecular formula is C30H26N4O3. The van der Waals surface area contributed by atoms with Crippen molar-refractivity contribution in [3.63, 3.8) is 0 Å². The molecule has 1 aliphatic rings. The highest BCUT2D eigenvalue weighted by Gasteiger charge is 2.26. The van der Waals surface area contributed by atoms with Gasteiger partial charge in [-0.2, -0.15) is 0 Å². The van der Waals surface area contributed by atoms with Crippen LogP contribution in [0.5, 0.6) is 11.5 Å². The van der Waals surface area contributed by atoms with Crippen molar-refractivity contribution in [1.82, 2.24) is 14.9 Å². The monoisotopic (exact) mass is 490 g/mol. The van der Waals surface area contributed by atoms with Crippen molar-refractivity contribution in [2.24, 2.45) is 0 Å². The number of H-pyrrole nitrogens is 1. The summed E-state index contributed by atoms with van der Waals surface area (Å²) in [6.45, 7) is 2.16. The molecule has 0 saturated carbocycles. The summed E-state index contributed by atoms with van der Waals surface area (Å²) in [6.07, 6.45) is 3.48. The highest BCUT2D eigenvalue weighted by atomic mass is 16.3. The highest BCUT2D eigenvalue weighted by molar-refractivity contribution is 6.02. The largest absolute Gasteiger partial charge is 0.508 e. The van der Waals surface area contributed by atoms with Crippen molar-refractivity contribution in [3.8, 4) is 22.6 Å². The van der Waals surface area contributed by atoms with Crippen LogP contribution in [0.2, 0.25) is 0 Å². The van der Waals surface area contributed by atoms with Gasteiger partial charge in [0.15, 0.2) is 0 Å². The van der Waals surface area contributed by atoms with Gasteiger partial charge in [-0.25, -0.2) is 4.98 Å². The van der Waals surface area contributed by atoms with Gasteiger partial charge in [0, 0.05) is 31.5 Å². The van der Waals surface area contributed by atoms with Gasteiger partial charge >= 0.3 is 0 Å². The fraction of sp³-hybridized carbons (Fsp3) is 0.133. The minimum Gasteiger partial charge on any atom is -0.508 e. The predicted octanol–water partition coefficient (Wildman–Crippen LogP) is 5.30. The van der Waals surface area contributed by atoms with Crippen molar-refractivity contribution in [3.05, 3.63) is 108 Å². The average molecular weight is 491 g/mol. The number of phenols is 2. The topological polar surface area (TPSA) is 92.7 Å². The number of phenolic OH excluding ortho intramolecular Hbond substituents is 2. The Hall–Kier alpha value is -4.78. The van der Waals surface area contributed by atoms with E-state index >= 15 is 0 Å². The van der Waals surface area contributed by atoms with Crippen LogP contribution in [0.3, 0.4) is 0 Å². The number of rotatable bonds is 4. The summed E-state index contributed by atoms with van der Waals surface area (Å²) in [4.78, 5) is 25.1. The number of aromatic amines is 1. The molecule has 2 heterocycles. The Morgan fingerprint density at radius 2 is 1.76 bits per heavy atom. The Morgan fingerprint density at radius 1 is 0.892 bits per heavy atom. The predicted molar refractivity (Wildman–Crippen MR) is 144 cm³/mol. The molecule has 0 fully saturated rings. The number of nitrogens with one attached hydrogen (secondary N) is 1. The number of hydrogen-bond acceptors (Lipinski definition) is 5. The van der Waals surface area contributed by atoms with Crippen LogP contribution >= 0.6 is 0 Å². The lowest BCUT2D eigenvalue weighted by molar-refractivity contribution is 0.0748. The van der Waals surface area contributed by atoms with Crippen LogP contribution in [0.4, 0.5) is 5.69 Å². The molecule has 37 heavy (non-hydrogen) atoms. The molecule has 4 aromatic carbocycles. The van der Waals surface area contributed by atoms with Gasteiger partial charge in [0.1, 0.15) is 11.5 Å². The zero-order valence-corrected chi connectivity index (χ0v) is 20.1. The van der Waals surface area contributed by atoms with E-state index in [1.165, 1.54) is 0 Å². The summed E-state index contributed by atoms with van der Waals surface area (Å²) < 4.78 is 0. The molecule has 0 atom stereocenters. The van der Waals surface area contributed by atoms with Crippen molar-refractivity contribution in [2.45, 2.75) is 13.1 Å². The number of anilines is 1. The first-order chi connectivity index (χ1) is 18.0. The Morgan fingerprint density at radius 3 is 2.57 bits per heavy atom. The van der Waals surface area contributed by atoms with Gasteiger partial charge in [0.05, 0.1) is 24.1 Å². The lowest BCUT2D eigenvalue weighted by atomic mass is 10.0. The number of carbonyl (C=O) groups is 1. The quantitative estimate of drug-likeness (QED) is 0.318. The SMILES string of the molecule is O=C(c1cc2cc(O)ccc2cc1O)N1CCN(Cc2cnc[nH]2)c2ccc(-c3ccccc3)cc2C1. The van der Waals surface area contributed by atoms with E-state index in [1.807, 2.05) is 24.4 Å². The van der Waals surface area contributed by atoms with E-state index in [0.29, 0.717) is 31.6 Å². The maximum absolute atomic E-state index is 13.8. The number of carbonyl (C=O) groups excluding carboxylic acids is 1. The first kappa shape index (κ1) is 22.7. The number of amides is 1. The van der Waals surface area contributed by atoms with Crippen LogP contribution in [0.1, 0.15) is 21.6 Å². The normalized spacial score (nSPS) is 13.4. The number of fused-ring (bicyclic) bond motifs is 2. The number of aromatic hydroxyl groups is 2. The molecule has 0 bridgehead atoms. The average Bonchev–Trinajstić information content (AvgIpc) is 3.36. The second-order valence-electron chi connectivity index (χ2n) is 9.34. The molecule has 0 aliphatic carbocycles. The Balaban J connectivity index is 1.38. The molecule has 7 nitrogen and oxygen atoms in total. The molecule has 1 amide bonds. The van der Waals surface area contributed by atoms with Gasteiger partial charge in [-0.1, -0.05) is 42.5 Å². The third-order valence-corrected chi connectivity index (χ3v) is 6.90. The van der Waals surface area contributed by atoms with Gasteiger partial charge in [-0.3, -0.25) is 4.79 Å². The summed E-state index contributed by atoms with van der Waals surface area (Å²) in [7, 11) is 0. The molecule has 0 radical (unpaired) electrons. The second-order valence-corrected chi connectivity index (χ2v) is 9.34. The second kappa shape index (κ2) is 9.35. The number of imidazole rings is 1. The molecule has 3 N–H and O–H groups in total. The first-order valence-electron chi connectivity index (χ1n) is 12.2. The molecule has 184 valence electrons. The maximum Gasteiger partial charge on any atom is 0.257 e. The fourth-order valence-electron chi connectivity index (χ4n) is 5.01. The standard InChI is InChI=1S/C30H26N4O3/c35-26-8-6-22-15-29(36)27(14-23(22)13-26)30(37)34-11-10-33(18-25-16-31-19-32-25)28-9-7-21(12-24(28)17-34)20-4-2-1-3-5-20/h1-9,12-16,19,35-36H,10-11,17-18H2,(H,31,32). The third-order valence-electron chi connectivity index (χ3n) is 6.90. The minimum atomic E-state index is -0.248. The zero-order valence-electron chi connectivity index (χ0n) is 20.1. The number of aromatic nitrogens is 2. The maximum atomic E-state index is 13.8. The summed E-state index contributed by atoms with van der Waals surface area (Å²) >= 11 is 0. The third kappa shape index (κ3) is 4.47. The molecule has 0 spiro atoms. The first-order valence-corrected chi connectivity index (χ1v) is 12.2. The summed E-state index contributed by atoms with van der Waals surface area (Å²) in [5, 5.41) is 22.1. The van der Waals surface area contributed by atoms with E-state index in [9.17, 15) is 15.0 Å². The van der Waals surface area contributed by atoms with Crippen molar-refractivity contribution >= 4 is 22.4 Å². The smallest absolute Gasteiger partial charge is 0.257 e. The Bertz CT molecular complexity index is 1580. The van der Waals surface area contributed by atoms with Gasteiger partial charge in [0.2, 0.25) is 0 Å². The van der Waals surface area contributed by atoms with Gasteiger partial charge in [-0.15, -0.1) is 0 Å². The fourth-order valence-corrected chi connectivity index (χ4v) is 5.01. The number of nitrogens with zero attached hydrogens (tertiary/aromatic N) is 3. The molecule has 6 rings (SSSR count). The molecular weight excluding hydrogens is 464 g/mol. The summed E-state index contributed by atoms with van der Waals surface area (Å²) in [5.74, 6) is -0.203. The van der Waals surface area contributed by atoms with Crippen LogP contribution in [0.25, 0.3) is 21.9 Å². The van der Waals surface area contributed by atoms with E-state index in [2.05, 4.69) is 45.2 Å². The highest BCUT2D eigenvalue weighted by Crippen LogP contribution is 2.33. The van der Waals surface area contributed by atoms with Gasteiger partial charge in [-0.05, 0) is 63.9 Å². The van der Waals surface area contributed by atoms with Crippen LogP contribution in [-0.2, 0) is 13.1 Å². The molecule has 7 heteroatoms. The van der Waals surface area contributed by atoms with E-state index in [-0.39, 0.29) is 23.0 Å². The number of hydrogen-bond donors (Lipinski definition) is 3. The van der Waals surface area contributed by atoms with E-state index in [1.54, 1.807) is 41.6 Å². The van der Waals surface area contributed by atoms with Gasteiger partial charge in [0.25, 0.3) is 5.91 Å². The molecule has 0 saturated heterocycles. The van der Waals surface area contributed by atoms with Crippen LogP contribution in [0.15, 0.2) is 91.4 Å². The van der Waals surface area contributed by atoms with Crippen molar-refractivity contribution in [1.29, 1.82) is 0 Å². The van der Waals surface area contributed by atoms with Crippen LogP contribution in [0, 0.1) is 0 Å². The Labute approximate surface area is 214 Å². The lowest BCUT2D eigenvalue weighted by Gasteiger charge is -2.24. The van der Waals surface area contributed by atoms with E-state index in [4.69, 9.17) is 0 Å². The Kier molecular flexibility index (Phi) is 5.73. The molecule has 0 unspecified atom stereocenters. The zero-order chi connectivity index (χ0) is 25.4. The van der Waals surface area contributed by atoms with Gasteiger partial charge < -0.3 is 25.0 Å². The van der Waals surface area contributed by atoms with Crippen LogP contribution in [-0.4, -0.2) is 44.1 Å².